The van der Waals surface area contributed by atoms with Crippen LogP contribution in [0.5, 0.6) is 0 Å². The maximum absolute atomic E-state index is 12.4. The Bertz CT molecular complexity index is 1190. The summed E-state index contributed by atoms with van der Waals surface area (Å²) in [5.74, 6) is 0.212. The lowest BCUT2D eigenvalue weighted by atomic mass is 10.0. The van der Waals surface area contributed by atoms with Crippen LogP contribution in [0.1, 0.15) is 74.0 Å². The molecule has 1 aliphatic rings. The van der Waals surface area contributed by atoms with Crippen molar-refractivity contribution in [1.29, 1.82) is 0 Å². The van der Waals surface area contributed by atoms with Crippen molar-refractivity contribution in [2.24, 2.45) is 0 Å². The molecule has 2 aromatic carbocycles. The number of unbranched alkanes of at least 4 members (excludes halogenated alkanes) is 3. The molecular weight excluding hydrogens is 534 g/mol. The zero-order valence-corrected chi connectivity index (χ0v) is 22.9. The smallest absolute Gasteiger partial charge is 0.243 e. The Morgan fingerprint density at radius 2 is 1.65 bits per heavy atom. The molecule has 2 heterocycles. The third-order valence-corrected chi connectivity index (χ3v) is 7.57. The Morgan fingerprint density at radius 1 is 0.950 bits per heavy atom. The van der Waals surface area contributed by atoms with Gasteiger partial charge in [0.05, 0.1) is 18.8 Å². The van der Waals surface area contributed by atoms with Crippen LogP contribution in [0.4, 0.5) is 5.69 Å². The molecule has 2 amide bonds. The number of aromatic amines is 1. The van der Waals surface area contributed by atoms with Crippen molar-refractivity contribution in [1.82, 2.24) is 20.7 Å². The first-order chi connectivity index (χ1) is 19.5. The Labute approximate surface area is 237 Å². The number of thioether (sulfide) groups is 1. The highest BCUT2D eigenvalue weighted by Gasteiger charge is 2.32. The van der Waals surface area contributed by atoms with Crippen LogP contribution in [0.15, 0.2) is 60.0 Å². The number of hydroxylamine groups is 1. The molecule has 5 N–H and O–H groups in total. The number of carbonyl (C=O) groups is 2. The molecule has 1 aromatic heterocycles. The fourth-order valence-electron chi connectivity index (χ4n) is 4.39. The van der Waals surface area contributed by atoms with Gasteiger partial charge in [-0.25, -0.2) is 10.5 Å². The maximum atomic E-state index is 12.4. The van der Waals surface area contributed by atoms with E-state index in [4.69, 9.17) is 14.7 Å². The van der Waals surface area contributed by atoms with Crippen molar-refractivity contribution >= 4 is 29.3 Å². The van der Waals surface area contributed by atoms with Crippen LogP contribution in [0.25, 0.3) is 0 Å². The molecule has 0 spiro atoms. The molecule has 0 radical (unpaired) electrons. The lowest BCUT2D eigenvalue weighted by Gasteiger charge is -2.36. The first-order valence-electron chi connectivity index (χ1n) is 13.4. The minimum absolute atomic E-state index is 0.0115. The fourth-order valence-corrected chi connectivity index (χ4v) is 5.18. The highest BCUT2D eigenvalue weighted by atomic mass is 32.2. The lowest BCUT2D eigenvalue weighted by Crippen LogP contribution is -2.31. The maximum Gasteiger partial charge on any atom is 0.243 e. The van der Waals surface area contributed by atoms with Gasteiger partial charge in [0, 0.05) is 36.3 Å². The summed E-state index contributed by atoms with van der Waals surface area (Å²) in [6.07, 6.45) is 4.99. The van der Waals surface area contributed by atoms with Gasteiger partial charge in [0.25, 0.3) is 0 Å². The number of rotatable bonds is 14. The first kappa shape index (κ1) is 29.7. The van der Waals surface area contributed by atoms with Gasteiger partial charge in [-0.2, -0.15) is 5.10 Å². The summed E-state index contributed by atoms with van der Waals surface area (Å²) >= 11 is 1.54. The Balaban J connectivity index is 1.32. The molecule has 3 aromatic rings. The molecule has 0 bridgehead atoms. The molecule has 1 fully saturated rings. The van der Waals surface area contributed by atoms with Crippen LogP contribution in [0.3, 0.4) is 0 Å². The standard InChI is InChI=1S/C28H35N5O6S/c34-16-19-7-9-20(10-8-19)24-15-23(17-40-28-29-18-30-32-28)38-27(39-24)21-11-13-22(14-12-21)31-25(35)5-3-1-2-4-6-26(36)33-37/h7-14,18,23-24,27,34,37H,1-6,15-17H2,(H,31,35)(H,33,36)(H,29,30,32). The van der Waals surface area contributed by atoms with Crippen molar-refractivity contribution in [3.63, 3.8) is 0 Å². The number of hydrogen-bond donors (Lipinski definition) is 5. The summed E-state index contributed by atoms with van der Waals surface area (Å²) in [6.45, 7) is -0.0115. The van der Waals surface area contributed by atoms with E-state index in [1.165, 1.54) is 18.1 Å². The van der Waals surface area contributed by atoms with Gasteiger partial charge in [-0.15, -0.1) is 0 Å². The summed E-state index contributed by atoms with van der Waals surface area (Å²) in [6, 6.07) is 15.2. The molecule has 40 heavy (non-hydrogen) atoms. The van der Waals surface area contributed by atoms with Gasteiger partial charge in [-0.1, -0.05) is 61.0 Å². The van der Waals surface area contributed by atoms with E-state index in [1.807, 2.05) is 48.5 Å². The zero-order valence-electron chi connectivity index (χ0n) is 22.1. The van der Waals surface area contributed by atoms with E-state index in [0.717, 1.165) is 41.1 Å². The molecule has 1 saturated heterocycles. The molecule has 0 aliphatic carbocycles. The number of anilines is 1. The highest BCUT2D eigenvalue weighted by Crippen LogP contribution is 2.39. The monoisotopic (exact) mass is 569 g/mol. The largest absolute Gasteiger partial charge is 0.392 e. The summed E-state index contributed by atoms with van der Waals surface area (Å²) in [4.78, 5) is 27.6. The van der Waals surface area contributed by atoms with Crippen LogP contribution >= 0.6 is 11.8 Å². The quantitative estimate of drug-likeness (QED) is 0.0820. The molecule has 0 saturated carbocycles. The van der Waals surface area contributed by atoms with Crippen molar-refractivity contribution < 1.29 is 29.4 Å². The van der Waals surface area contributed by atoms with Gasteiger partial charge < -0.3 is 19.9 Å². The molecule has 214 valence electrons. The highest BCUT2D eigenvalue weighted by molar-refractivity contribution is 7.99. The van der Waals surface area contributed by atoms with Crippen molar-refractivity contribution in [3.05, 3.63) is 71.5 Å². The zero-order chi connectivity index (χ0) is 28.2. The minimum atomic E-state index is -0.589. The van der Waals surface area contributed by atoms with Gasteiger partial charge in [0.1, 0.15) is 6.33 Å². The second-order valence-electron chi connectivity index (χ2n) is 9.57. The summed E-state index contributed by atoms with van der Waals surface area (Å²) < 4.78 is 12.7. The number of carbonyl (C=O) groups excluding carboxylic acids is 2. The average Bonchev–Trinajstić information content (AvgIpc) is 3.52. The van der Waals surface area contributed by atoms with E-state index >= 15 is 0 Å². The van der Waals surface area contributed by atoms with E-state index < -0.39 is 12.2 Å². The molecule has 11 nitrogen and oxygen atoms in total. The molecule has 12 heteroatoms. The third-order valence-electron chi connectivity index (χ3n) is 6.56. The number of H-pyrrole nitrogens is 1. The Kier molecular flexibility index (Phi) is 11.5. The molecule has 3 unspecified atom stereocenters. The van der Waals surface area contributed by atoms with E-state index in [-0.39, 0.29) is 31.1 Å². The predicted molar refractivity (Wildman–Crippen MR) is 148 cm³/mol. The number of nitrogens with one attached hydrogen (secondary N) is 3. The van der Waals surface area contributed by atoms with Crippen LogP contribution in [0, 0.1) is 0 Å². The number of aromatic nitrogens is 3. The van der Waals surface area contributed by atoms with E-state index in [2.05, 4.69) is 20.5 Å². The topological polar surface area (TPSA) is 159 Å². The predicted octanol–water partition coefficient (Wildman–Crippen LogP) is 4.42. The van der Waals surface area contributed by atoms with Crippen LogP contribution < -0.4 is 10.8 Å². The SMILES string of the molecule is O=C(CCCCCCC(=O)Nc1ccc(C2OC(CSc3ncn[nH]3)CC(c3ccc(CO)cc3)O2)cc1)NO. The first-order valence-corrected chi connectivity index (χ1v) is 14.3. The van der Waals surface area contributed by atoms with Crippen molar-refractivity contribution in [3.8, 4) is 0 Å². The lowest BCUT2D eigenvalue weighted by molar-refractivity contribution is -0.245. The number of hydrogen-bond acceptors (Lipinski definition) is 9. The Hall–Kier alpha value is -3.29. The van der Waals surface area contributed by atoms with E-state index in [1.54, 1.807) is 5.48 Å². The number of benzene rings is 2. The second kappa shape index (κ2) is 15.5. The number of nitrogens with zero attached hydrogens (tertiary/aromatic N) is 2. The number of amides is 2. The van der Waals surface area contributed by atoms with Gasteiger partial charge >= 0.3 is 0 Å². The van der Waals surface area contributed by atoms with Crippen molar-refractivity contribution in [2.45, 2.75) is 75.2 Å². The normalized spacial score (nSPS) is 18.8. The molecule has 3 atom stereocenters. The van der Waals surface area contributed by atoms with Gasteiger partial charge in [-0.3, -0.25) is 19.9 Å². The number of aliphatic hydroxyl groups excluding tert-OH is 1. The minimum Gasteiger partial charge on any atom is -0.392 e. The summed E-state index contributed by atoms with van der Waals surface area (Å²) in [5.41, 5.74) is 5.01. The van der Waals surface area contributed by atoms with Crippen LogP contribution in [-0.2, 0) is 25.7 Å². The number of ether oxygens (including phenoxy) is 2. The molecule has 4 rings (SSSR count). The van der Waals surface area contributed by atoms with Crippen LogP contribution in [0.2, 0.25) is 0 Å². The second-order valence-corrected chi connectivity index (χ2v) is 10.6. The average molecular weight is 570 g/mol. The van der Waals surface area contributed by atoms with Gasteiger partial charge in [-0.05, 0) is 36.1 Å². The molecule has 1 aliphatic heterocycles. The van der Waals surface area contributed by atoms with E-state index in [9.17, 15) is 14.7 Å². The van der Waals surface area contributed by atoms with Gasteiger partial charge in [0.15, 0.2) is 11.4 Å². The molecular formula is C28H35N5O6S. The number of aliphatic hydroxyl groups is 1. The van der Waals surface area contributed by atoms with Gasteiger partial charge in [0.2, 0.25) is 11.8 Å². The third kappa shape index (κ3) is 9.14. The summed E-state index contributed by atoms with van der Waals surface area (Å²) in [7, 11) is 0. The summed E-state index contributed by atoms with van der Waals surface area (Å²) in [5, 5.41) is 28.3. The Morgan fingerprint density at radius 3 is 2.30 bits per heavy atom. The van der Waals surface area contributed by atoms with Crippen molar-refractivity contribution in [2.75, 3.05) is 11.1 Å². The van der Waals surface area contributed by atoms with E-state index in [0.29, 0.717) is 30.7 Å². The fraction of sp³-hybridized carbons (Fsp3) is 0.429. The van der Waals surface area contributed by atoms with Crippen LogP contribution in [-0.4, -0.2) is 49.2 Å².